The lowest BCUT2D eigenvalue weighted by molar-refractivity contribution is -0.127. The smallest absolute Gasteiger partial charge is 0.278 e. The summed E-state index contributed by atoms with van der Waals surface area (Å²) in [6, 6.07) is 9.97. The molecule has 1 aromatic heterocycles. The Labute approximate surface area is 159 Å². The predicted molar refractivity (Wildman–Crippen MR) is 99.5 cm³/mol. The third kappa shape index (κ3) is 5.92. The van der Waals surface area contributed by atoms with Crippen LogP contribution in [0.4, 0.5) is 0 Å². The van der Waals surface area contributed by atoms with E-state index in [0.717, 1.165) is 31.2 Å². The molecule has 0 aliphatic heterocycles. The molecule has 1 aliphatic carbocycles. The number of carbonyl (C=O) groups is 1. The molecule has 1 heterocycles. The summed E-state index contributed by atoms with van der Waals surface area (Å²) < 4.78 is 16.6. The van der Waals surface area contributed by atoms with Crippen molar-refractivity contribution in [1.82, 2.24) is 15.3 Å². The number of benzene rings is 1. The number of hydrogen-bond acceptors (Lipinski definition) is 6. The molecular weight excluding hydrogens is 346 g/mol. The number of hydrogen-bond donors (Lipinski definition) is 1. The molecule has 27 heavy (non-hydrogen) atoms. The van der Waals surface area contributed by atoms with Crippen molar-refractivity contribution in [3.05, 3.63) is 48.3 Å². The second-order valence-electron chi connectivity index (χ2n) is 6.51. The van der Waals surface area contributed by atoms with E-state index in [0.29, 0.717) is 18.4 Å². The average molecular weight is 371 g/mol. The SMILES string of the molecule is COc1nccnc1OC1CCC(NC(=O)COCc2ccccc2)CC1. The highest BCUT2D eigenvalue weighted by Crippen LogP contribution is 2.27. The second-order valence-corrected chi connectivity index (χ2v) is 6.51. The maximum absolute atomic E-state index is 12.1. The molecular formula is C20H25N3O4. The van der Waals surface area contributed by atoms with Gasteiger partial charge < -0.3 is 19.5 Å². The van der Waals surface area contributed by atoms with Crippen molar-refractivity contribution in [3.63, 3.8) is 0 Å². The van der Waals surface area contributed by atoms with Crippen LogP contribution in [-0.2, 0) is 16.1 Å². The van der Waals surface area contributed by atoms with Gasteiger partial charge in [0.15, 0.2) is 0 Å². The fourth-order valence-electron chi connectivity index (χ4n) is 3.12. The van der Waals surface area contributed by atoms with Crippen molar-refractivity contribution in [1.29, 1.82) is 0 Å². The number of nitrogens with zero attached hydrogens (tertiary/aromatic N) is 2. The van der Waals surface area contributed by atoms with Crippen molar-refractivity contribution < 1.29 is 19.0 Å². The molecule has 1 aromatic carbocycles. The zero-order valence-electron chi connectivity index (χ0n) is 15.5. The summed E-state index contributed by atoms with van der Waals surface area (Å²) in [4.78, 5) is 20.3. The molecule has 0 spiro atoms. The highest BCUT2D eigenvalue weighted by atomic mass is 16.5. The van der Waals surface area contributed by atoms with Gasteiger partial charge in [-0.2, -0.15) is 0 Å². The summed E-state index contributed by atoms with van der Waals surface area (Å²) in [6.45, 7) is 0.511. The van der Waals surface area contributed by atoms with Gasteiger partial charge in [-0.1, -0.05) is 30.3 Å². The first kappa shape index (κ1) is 19.1. The van der Waals surface area contributed by atoms with E-state index in [9.17, 15) is 4.79 Å². The molecule has 1 saturated carbocycles. The van der Waals surface area contributed by atoms with Crippen molar-refractivity contribution in [2.75, 3.05) is 13.7 Å². The fourth-order valence-corrected chi connectivity index (χ4v) is 3.12. The van der Waals surface area contributed by atoms with Gasteiger partial charge >= 0.3 is 0 Å². The van der Waals surface area contributed by atoms with Gasteiger partial charge in [0.05, 0.1) is 13.7 Å². The van der Waals surface area contributed by atoms with Crippen LogP contribution >= 0.6 is 0 Å². The van der Waals surface area contributed by atoms with Crippen molar-refractivity contribution in [2.45, 2.75) is 44.4 Å². The predicted octanol–water partition coefficient (Wildman–Crippen LogP) is 2.51. The van der Waals surface area contributed by atoms with E-state index in [4.69, 9.17) is 14.2 Å². The lowest BCUT2D eigenvalue weighted by Gasteiger charge is -2.29. The summed E-state index contributed by atoms with van der Waals surface area (Å²) in [7, 11) is 1.54. The van der Waals surface area contributed by atoms with Gasteiger partial charge in [0.2, 0.25) is 5.91 Å². The van der Waals surface area contributed by atoms with E-state index in [1.54, 1.807) is 19.5 Å². The molecule has 1 N–H and O–H groups in total. The number of carbonyl (C=O) groups excluding carboxylic acids is 1. The number of aromatic nitrogens is 2. The third-order valence-corrected chi connectivity index (χ3v) is 4.49. The van der Waals surface area contributed by atoms with E-state index >= 15 is 0 Å². The lowest BCUT2D eigenvalue weighted by Crippen LogP contribution is -2.41. The zero-order valence-corrected chi connectivity index (χ0v) is 15.5. The van der Waals surface area contributed by atoms with Gasteiger partial charge in [0.1, 0.15) is 12.7 Å². The molecule has 0 atom stereocenters. The van der Waals surface area contributed by atoms with Crippen LogP contribution in [0.1, 0.15) is 31.2 Å². The Kier molecular flexibility index (Phi) is 6.98. The summed E-state index contributed by atoms with van der Waals surface area (Å²) in [5.74, 6) is 0.733. The minimum atomic E-state index is -0.0779. The molecule has 2 aromatic rings. The lowest BCUT2D eigenvalue weighted by atomic mass is 9.93. The summed E-state index contributed by atoms with van der Waals surface area (Å²) in [5, 5.41) is 3.04. The molecule has 7 nitrogen and oxygen atoms in total. The van der Waals surface area contributed by atoms with Gasteiger partial charge in [-0.05, 0) is 31.2 Å². The topological polar surface area (TPSA) is 82.6 Å². The summed E-state index contributed by atoms with van der Waals surface area (Å²) in [5.41, 5.74) is 1.06. The Bertz CT molecular complexity index is 718. The largest absolute Gasteiger partial charge is 0.477 e. The molecule has 0 saturated heterocycles. The highest BCUT2D eigenvalue weighted by Gasteiger charge is 2.25. The Morgan fingerprint density at radius 3 is 2.48 bits per heavy atom. The van der Waals surface area contributed by atoms with E-state index in [-0.39, 0.29) is 24.7 Å². The minimum Gasteiger partial charge on any atom is -0.477 e. The monoisotopic (exact) mass is 371 g/mol. The maximum Gasteiger partial charge on any atom is 0.278 e. The first-order valence-electron chi connectivity index (χ1n) is 9.17. The second kappa shape index (κ2) is 9.87. The molecule has 0 unspecified atom stereocenters. The maximum atomic E-state index is 12.1. The molecule has 1 amide bonds. The van der Waals surface area contributed by atoms with Gasteiger partial charge in [0.25, 0.3) is 11.8 Å². The van der Waals surface area contributed by atoms with Gasteiger partial charge in [-0.15, -0.1) is 0 Å². The van der Waals surface area contributed by atoms with E-state index in [2.05, 4.69) is 15.3 Å². The normalized spacial score (nSPS) is 19.3. The highest BCUT2D eigenvalue weighted by molar-refractivity contribution is 5.77. The van der Waals surface area contributed by atoms with Gasteiger partial charge in [0, 0.05) is 18.4 Å². The molecule has 7 heteroatoms. The van der Waals surface area contributed by atoms with E-state index in [1.807, 2.05) is 30.3 Å². The number of ether oxygens (including phenoxy) is 3. The zero-order chi connectivity index (χ0) is 18.9. The quantitative estimate of drug-likeness (QED) is 0.768. The van der Waals surface area contributed by atoms with Crippen LogP contribution in [0.5, 0.6) is 11.8 Å². The molecule has 0 bridgehead atoms. The Hall–Kier alpha value is -2.67. The molecule has 0 radical (unpaired) electrons. The Balaban J connectivity index is 1.36. The van der Waals surface area contributed by atoms with Crippen molar-refractivity contribution in [3.8, 4) is 11.8 Å². The first-order valence-corrected chi connectivity index (χ1v) is 9.17. The number of amides is 1. The van der Waals surface area contributed by atoms with Crippen LogP contribution in [0, 0.1) is 0 Å². The van der Waals surface area contributed by atoms with Crippen molar-refractivity contribution >= 4 is 5.91 Å². The molecule has 144 valence electrons. The fraction of sp³-hybridized carbons (Fsp3) is 0.450. The van der Waals surface area contributed by atoms with Crippen LogP contribution in [0.3, 0.4) is 0 Å². The standard InChI is InChI=1S/C20H25N3O4/c1-25-19-20(22-12-11-21-19)27-17-9-7-16(8-10-17)23-18(24)14-26-13-15-5-3-2-4-6-15/h2-6,11-12,16-17H,7-10,13-14H2,1H3,(H,23,24). The van der Waals surface area contributed by atoms with Crippen LogP contribution < -0.4 is 14.8 Å². The van der Waals surface area contributed by atoms with Crippen molar-refractivity contribution in [2.24, 2.45) is 0 Å². The average Bonchev–Trinajstić information content (AvgIpc) is 2.71. The Morgan fingerprint density at radius 1 is 1.07 bits per heavy atom. The van der Waals surface area contributed by atoms with Crippen LogP contribution in [-0.4, -0.2) is 41.7 Å². The van der Waals surface area contributed by atoms with Gasteiger partial charge in [-0.25, -0.2) is 9.97 Å². The van der Waals surface area contributed by atoms with Gasteiger partial charge in [-0.3, -0.25) is 4.79 Å². The molecule has 1 aliphatic rings. The van der Waals surface area contributed by atoms with Crippen LogP contribution in [0.25, 0.3) is 0 Å². The molecule has 3 rings (SSSR count). The Morgan fingerprint density at radius 2 is 1.78 bits per heavy atom. The van der Waals surface area contributed by atoms with Crippen LogP contribution in [0.2, 0.25) is 0 Å². The molecule has 1 fully saturated rings. The number of methoxy groups -OCH3 is 1. The summed E-state index contributed by atoms with van der Waals surface area (Å²) in [6.07, 6.45) is 6.61. The first-order chi connectivity index (χ1) is 13.2. The minimum absolute atomic E-state index is 0.0538. The number of rotatable bonds is 8. The summed E-state index contributed by atoms with van der Waals surface area (Å²) >= 11 is 0. The van der Waals surface area contributed by atoms with E-state index < -0.39 is 0 Å². The number of nitrogens with one attached hydrogen (secondary N) is 1. The van der Waals surface area contributed by atoms with E-state index in [1.165, 1.54) is 0 Å². The third-order valence-electron chi connectivity index (χ3n) is 4.49. The van der Waals surface area contributed by atoms with Crippen LogP contribution in [0.15, 0.2) is 42.7 Å².